The number of hydrogen-bond acceptors (Lipinski definition) is 4. The number of carbonyl (C=O) groups excluding carboxylic acids is 1. The van der Waals surface area contributed by atoms with Crippen LogP contribution in [0.25, 0.3) is 0 Å². The lowest BCUT2D eigenvalue weighted by Gasteiger charge is -2.42. The van der Waals surface area contributed by atoms with Gasteiger partial charge in [0.1, 0.15) is 12.2 Å². The number of alkyl halides is 1. The second-order valence-electron chi connectivity index (χ2n) is 7.53. The summed E-state index contributed by atoms with van der Waals surface area (Å²) in [5.41, 5.74) is -0.355. The summed E-state index contributed by atoms with van der Waals surface area (Å²) in [6, 6.07) is 3.60. The maximum Gasteiger partial charge on any atom is 0.237 e. The van der Waals surface area contributed by atoms with Crippen molar-refractivity contribution in [2.24, 2.45) is 11.3 Å². The summed E-state index contributed by atoms with van der Waals surface area (Å²) in [5, 5.41) is 21.4. The van der Waals surface area contributed by atoms with Gasteiger partial charge in [-0.05, 0) is 31.1 Å². The molecule has 1 N–H and O–H groups in total. The highest BCUT2D eigenvalue weighted by molar-refractivity contribution is 5.79. The van der Waals surface area contributed by atoms with Crippen molar-refractivity contribution in [3.63, 3.8) is 0 Å². The third-order valence-corrected chi connectivity index (χ3v) is 6.12. The van der Waals surface area contributed by atoms with Crippen LogP contribution in [0, 0.1) is 34.0 Å². The predicted molar refractivity (Wildman–Crippen MR) is 83.8 cm³/mol. The molecule has 126 valence electrons. The maximum absolute atomic E-state index is 13.5. The standard InChI is InChI=1S/C17H25FN4O/c1-16(2)12(5-7-19)4-6-17(16,3)21-10-15(23)22-11-13(18)8-14(22)9-20/h12-14,21H,4-6,8,10-11H2,1-3H3/t12?,13-,14-,17?/m0/s1. The van der Waals surface area contributed by atoms with Crippen molar-refractivity contribution in [1.29, 1.82) is 10.5 Å². The number of nitriles is 2. The van der Waals surface area contributed by atoms with Crippen LogP contribution in [0.15, 0.2) is 0 Å². The van der Waals surface area contributed by atoms with Crippen molar-refractivity contribution in [2.75, 3.05) is 13.1 Å². The monoisotopic (exact) mass is 320 g/mol. The Labute approximate surface area is 137 Å². The minimum Gasteiger partial charge on any atom is -0.323 e. The number of nitrogens with zero attached hydrogens (tertiary/aromatic N) is 3. The highest BCUT2D eigenvalue weighted by Gasteiger charge is 2.51. The molecule has 2 fully saturated rings. The Morgan fingerprint density at radius 3 is 2.70 bits per heavy atom. The molecule has 0 aromatic rings. The van der Waals surface area contributed by atoms with E-state index in [2.05, 4.69) is 32.2 Å². The number of nitrogens with one attached hydrogen (secondary N) is 1. The van der Waals surface area contributed by atoms with E-state index in [1.165, 1.54) is 4.90 Å². The summed E-state index contributed by atoms with van der Waals surface area (Å²) in [5.74, 6) is 0.0754. The number of rotatable bonds is 4. The molecule has 1 aliphatic carbocycles. The van der Waals surface area contributed by atoms with Crippen LogP contribution in [-0.4, -0.2) is 41.6 Å². The van der Waals surface area contributed by atoms with Crippen LogP contribution in [0.5, 0.6) is 0 Å². The highest BCUT2D eigenvalue weighted by Crippen LogP contribution is 2.51. The van der Waals surface area contributed by atoms with Gasteiger partial charge in [0.05, 0.1) is 25.2 Å². The molecule has 0 aromatic heterocycles. The van der Waals surface area contributed by atoms with Gasteiger partial charge in [-0.1, -0.05) is 13.8 Å². The molecule has 0 bridgehead atoms. The van der Waals surface area contributed by atoms with Crippen LogP contribution in [-0.2, 0) is 4.79 Å². The molecule has 6 heteroatoms. The highest BCUT2D eigenvalue weighted by atomic mass is 19.1. The van der Waals surface area contributed by atoms with Gasteiger partial charge in [-0.2, -0.15) is 10.5 Å². The van der Waals surface area contributed by atoms with Gasteiger partial charge in [0.25, 0.3) is 0 Å². The van der Waals surface area contributed by atoms with Crippen LogP contribution in [0.3, 0.4) is 0 Å². The fourth-order valence-electron chi connectivity index (χ4n) is 3.94. The van der Waals surface area contributed by atoms with Crippen molar-refractivity contribution in [3.8, 4) is 12.1 Å². The van der Waals surface area contributed by atoms with Gasteiger partial charge in [0, 0.05) is 18.4 Å². The predicted octanol–water partition coefficient (Wildman–Crippen LogP) is 2.15. The van der Waals surface area contributed by atoms with E-state index < -0.39 is 12.2 Å². The van der Waals surface area contributed by atoms with Crippen LogP contribution in [0.1, 0.15) is 46.5 Å². The lowest BCUT2D eigenvalue weighted by Crippen LogP contribution is -2.55. The van der Waals surface area contributed by atoms with E-state index in [-0.39, 0.29) is 36.4 Å². The zero-order valence-electron chi connectivity index (χ0n) is 14.1. The van der Waals surface area contributed by atoms with Crippen molar-refractivity contribution < 1.29 is 9.18 Å². The molecule has 2 unspecified atom stereocenters. The Hall–Kier alpha value is -1.66. The van der Waals surface area contributed by atoms with E-state index >= 15 is 0 Å². The van der Waals surface area contributed by atoms with Crippen molar-refractivity contribution in [2.45, 2.75) is 64.2 Å². The minimum absolute atomic E-state index is 0.00983. The summed E-state index contributed by atoms with van der Waals surface area (Å²) >= 11 is 0. The molecule has 2 aliphatic rings. The normalized spacial score (nSPS) is 35.7. The fraction of sp³-hybridized carbons (Fsp3) is 0.824. The Bertz CT molecular complexity index is 550. The number of amides is 1. The third-order valence-electron chi connectivity index (χ3n) is 6.12. The first-order valence-electron chi connectivity index (χ1n) is 8.20. The van der Waals surface area contributed by atoms with Crippen molar-refractivity contribution in [3.05, 3.63) is 0 Å². The van der Waals surface area contributed by atoms with Gasteiger partial charge < -0.3 is 10.2 Å². The Balaban J connectivity index is 1.99. The molecular formula is C17H25FN4O. The van der Waals surface area contributed by atoms with E-state index in [9.17, 15) is 9.18 Å². The van der Waals surface area contributed by atoms with Crippen molar-refractivity contribution in [1.82, 2.24) is 10.2 Å². The van der Waals surface area contributed by atoms with Gasteiger partial charge in [-0.15, -0.1) is 0 Å². The van der Waals surface area contributed by atoms with E-state index in [1.807, 2.05) is 6.07 Å². The average molecular weight is 320 g/mol. The Morgan fingerprint density at radius 1 is 1.39 bits per heavy atom. The molecule has 5 nitrogen and oxygen atoms in total. The first-order valence-corrected chi connectivity index (χ1v) is 8.20. The maximum atomic E-state index is 13.5. The largest absolute Gasteiger partial charge is 0.323 e. The molecule has 0 aromatic carbocycles. The van der Waals surface area contributed by atoms with Gasteiger partial charge in [0.2, 0.25) is 5.91 Å². The van der Waals surface area contributed by atoms with Crippen LogP contribution in [0.2, 0.25) is 0 Å². The smallest absolute Gasteiger partial charge is 0.237 e. The molecule has 1 saturated heterocycles. The second kappa shape index (κ2) is 6.45. The van der Waals surface area contributed by atoms with E-state index in [4.69, 9.17) is 10.5 Å². The van der Waals surface area contributed by atoms with Crippen LogP contribution < -0.4 is 5.32 Å². The lowest BCUT2D eigenvalue weighted by atomic mass is 9.70. The Morgan fingerprint density at radius 2 is 2.09 bits per heavy atom. The minimum atomic E-state index is -1.11. The van der Waals surface area contributed by atoms with Crippen LogP contribution in [0.4, 0.5) is 4.39 Å². The molecule has 0 spiro atoms. The Kier molecular flexibility index (Phi) is 4.96. The second-order valence-corrected chi connectivity index (χ2v) is 7.53. The fourth-order valence-corrected chi connectivity index (χ4v) is 3.94. The lowest BCUT2D eigenvalue weighted by molar-refractivity contribution is -0.131. The molecular weight excluding hydrogens is 295 g/mol. The summed E-state index contributed by atoms with van der Waals surface area (Å²) in [7, 11) is 0. The molecule has 1 heterocycles. The van der Waals surface area contributed by atoms with Gasteiger partial charge in [-0.3, -0.25) is 4.79 Å². The number of carbonyl (C=O) groups is 1. The zero-order chi connectivity index (χ0) is 17.3. The quantitative estimate of drug-likeness (QED) is 0.860. The van der Waals surface area contributed by atoms with Gasteiger partial charge in [0.15, 0.2) is 0 Å². The zero-order valence-corrected chi connectivity index (χ0v) is 14.1. The summed E-state index contributed by atoms with van der Waals surface area (Å²) in [6.45, 7) is 6.46. The number of halogens is 1. The van der Waals surface area contributed by atoms with E-state index in [0.29, 0.717) is 12.3 Å². The van der Waals surface area contributed by atoms with Crippen molar-refractivity contribution >= 4 is 5.91 Å². The molecule has 4 atom stereocenters. The van der Waals surface area contributed by atoms with Gasteiger partial charge in [-0.25, -0.2) is 4.39 Å². The topological polar surface area (TPSA) is 79.9 Å². The summed E-state index contributed by atoms with van der Waals surface area (Å²) < 4.78 is 13.5. The third kappa shape index (κ3) is 3.19. The summed E-state index contributed by atoms with van der Waals surface area (Å²) in [4.78, 5) is 13.7. The SMILES string of the molecule is CC1(NCC(=O)N2C[C@@H](F)C[C@H]2C#N)CCC(CC#N)C1(C)C. The first kappa shape index (κ1) is 17.7. The molecule has 1 aliphatic heterocycles. The number of hydrogen-bond donors (Lipinski definition) is 1. The molecule has 1 saturated carbocycles. The average Bonchev–Trinajstić information content (AvgIpc) is 2.98. The van der Waals surface area contributed by atoms with E-state index in [0.717, 1.165) is 12.8 Å². The molecule has 2 rings (SSSR count). The van der Waals surface area contributed by atoms with E-state index in [1.54, 1.807) is 0 Å². The molecule has 1 amide bonds. The first-order chi connectivity index (χ1) is 10.7. The number of likely N-dealkylation sites (tertiary alicyclic amines) is 1. The summed E-state index contributed by atoms with van der Waals surface area (Å²) in [6.07, 6.45) is 1.37. The molecule has 0 radical (unpaired) electrons. The molecule has 23 heavy (non-hydrogen) atoms. The van der Waals surface area contributed by atoms with Gasteiger partial charge >= 0.3 is 0 Å². The van der Waals surface area contributed by atoms with Crippen LogP contribution >= 0.6 is 0 Å².